The zero-order valence-electron chi connectivity index (χ0n) is 19.5. The van der Waals surface area contributed by atoms with Gasteiger partial charge >= 0.3 is 5.97 Å². The van der Waals surface area contributed by atoms with Crippen molar-refractivity contribution in [3.05, 3.63) is 88.8 Å². The number of esters is 1. The number of hydrazone groups is 1. The Morgan fingerprint density at radius 1 is 1.08 bits per heavy atom. The third-order valence-corrected chi connectivity index (χ3v) is 7.19. The molecule has 10 heteroatoms. The van der Waals surface area contributed by atoms with Crippen LogP contribution in [-0.4, -0.2) is 25.1 Å². The fourth-order valence-corrected chi connectivity index (χ4v) is 5.03. The van der Waals surface area contributed by atoms with Gasteiger partial charge in [-0.3, -0.25) is 0 Å². The van der Waals surface area contributed by atoms with E-state index in [1.165, 1.54) is 0 Å². The van der Waals surface area contributed by atoms with E-state index >= 15 is 0 Å². The van der Waals surface area contributed by atoms with E-state index in [1.807, 2.05) is 25.1 Å². The molecule has 0 saturated heterocycles. The number of rotatable bonds is 5. The molecule has 0 aliphatic heterocycles. The van der Waals surface area contributed by atoms with Crippen LogP contribution in [0.1, 0.15) is 46.0 Å². The molecule has 1 N–H and O–H groups in total. The summed E-state index contributed by atoms with van der Waals surface area (Å²) in [5.74, 6) is -0.335. The Bertz CT molecular complexity index is 1630. The molecule has 0 radical (unpaired) electrons. The van der Waals surface area contributed by atoms with Gasteiger partial charge in [0.2, 0.25) is 5.76 Å². The van der Waals surface area contributed by atoms with Crippen molar-refractivity contribution in [2.45, 2.75) is 38.0 Å². The summed E-state index contributed by atoms with van der Waals surface area (Å²) in [5.41, 5.74) is 2.90. The van der Waals surface area contributed by atoms with Gasteiger partial charge < -0.3 is 9.15 Å². The number of para-hydroxylation sites is 1. The van der Waals surface area contributed by atoms with Crippen LogP contribution >= 0.6 is 0 Å². The van der Waals surface area contributed by atoms with Crippen LogP contribution in [0.4, 0.5) is 4.39 Å². The second kappa shape index (κ2) is 9.19. The summed E-state index contributed by atoms with van der Waals surface area (Å²) in [6.45, 7) is 3.56. The number of carbonyl (C=O) groups excluding carboxylic acids is 1. The van der Waals surface area contributed by atoms with Gasteiger partial charge in [0.25, 0.3) is 10.0 Å². The highest BCUT2D eigenvalue weighted by molar-refractivity contribution is 7.89. The van der Waals surface area contributed by atoms with Gasteiger partial charge in [0.1, 0.15) is 17.1 Å². The molecule has 0 unspecified atom stereocenters. The number of furan rings is 1. The number of nitrogens with zero attached hydrogens (tertiary/aromatic N) is 2. The first kappa shape index (κ1) is 23.7. The molecule has 0 amide bonds. The molecule has 184 valence electrons. The van der Waals surface area contributed by atoms with E-state index in [4.69, 9.17) is 9.15 Å². The van der Waals surface area contributed by atoms with Gasteiger partial charge in [-0.1, -0.05) is 18.2 Å². The highest BCUT2D eigenvalue weighted by atomic mass is 32.2. The number of sulfonamides is 1. The predicted molar refractivity (Wildman–Crippen MR) is 131 cm³/mol. The Hall–Kier alpha value is -4.05. The Morgan fingerprint density at radius 3 is 2.64 bits per heavy atom. The van der Waals surface area contributed by atoms with Gasteiger partial charge in [0.05, 0.1) is 10.6 Å². The quantitative estimate of drug-likeness (QED) is 0.236. The number of hydrogen-bond acceptors (Lipinski definition) is 7. The summed E-state index contributed by atoms with van der Waals surface area (Å²) < 4.78 is 49.9. The first-order valence-electron chi connectivity index (χ1n) is 11.3. The lowest BCUT2D eigenvalue weighted by molar-refractivity contribution is 0.0700. The van der Waals surface area contributed by atoms with Crippen LogP contribution in [-0.2, 0) is 16.4 Å². The zero-order valence-corrected chi connectivity index (χ0v) is 20.4. The standard InChI is InChI=1S/C26H22FN3O5S/c1-15-9-10-17-5-3-8-22(24(17)28-15)35-26(31)25-16(2)23-20(6-4-7-21(23)34-25)29-30-36(32,33)19-13-11-18(27)12-14-19/h3,5,8-14,30H,4,6-7H2,1-2H3/b29-20+. The number of halogens is 1. The van der Waals surface area contributed by atoms with Crippen molar-refractivity contribution < 1.29 is 26.8 Å². The van der Waals surface area contributed by atoms with Crippen LogP contribution in [0.25, 0.3) is 10.9 Å². The summed E-state index contributed by atoms with van der Waals surface area (Å²) in [7, 11) is -4.00. The summed E-state index contributed by atoms with van der Waals surface area (Å²) in [5, 5.41) is 4.96. The van der Waals surface area contributed by atoms with Crippen LogP contribution < -0.4 is 9.57 Å². The monoisotopic (exact) mass is 507 g/mol. The minimum Gasteiger partial charge on any atom is -0.453 e. The lowest BCUT2D eigenvalue weighted by atomic mass is 9.93. The number of pyridine rings is 1. The lowest BCUT2D eigenvalue weighted by Crippen LogP contribution is -2.22. The van der Waals surface area contributed by atoms with E-state index in [0.717, 1.165) is 35.3 Å². The van der Waals surface area contributed by atoms with Gasteiger partial charge in [-0.05, 0) is 63.1 Å². The van der Waals surface area contributed by atoms with Crippen LogP contribution in [0.15, 0.2) is 69.0 Å². The van der Waals surface area contributed by atoms with Crippen molar-refractivity contribution in [2.24, 2.45) is 5.10 Å². The Balaban J connectivity index is 1.44. The smallest absolute Gasteiger partial charge is 0.380 e. The molecule has 0 spiro atoms. The average Bonchev–Trinajstić information content (AvgIpc) is 3.20. The predicted octanol–water partition coefficient (Wildman–Crippen LogP) is 4.82. The van der Waals surface area contributed by atoms with Crippen molar-refractivity contribution >= 4 is 32.6 Å². The van der Waals surface area contributed by atoms with E-state index in [1.54, 1.807) is 19.1 Å². The number of aryl methyl sites for hydroxylation is 2. The van der Waals surface area contributed by atoms with E-state index < -0.39 is 21.8 Å². The highest BCUT2D eigenvalue weighted by Crippen LogP contribution is 2.32. The van der Waals surface area contributed by atoms with Crippen LogP contribution in [0, 0.1) is 19.7 Å². The number of benzene rings is 2. The lowest BCUT2D eigenvalue weighted by Gasteiger charge is -2.14. The van der Waals surface area contributed by atoms with Crippen molar-refractivity contribution in [3.8, 4) is 5.75 Å². The van der Waals surface area contributed by atoms with Gasteiger partial charge in [-0.2, -0.15) is 18.4 Å². The molecule has 0 saturated carbocycles. The summed E-state index contributed by atoms with van der Waals surface area (Å²) >= 11 is 0. The minimum absolute atomic E-state index is 0.0284. The van der Waals surface area contributed by atoms with Crippen molar-refractivity contribution in [3.63, 3.8) is 0 Å². The van der Waals surface area contributed by atoms with Crippen molar-refractivity contribution in [1.82, 2.24) is 9.82 Å². The Labute approximate surface area is 206 Å². The fraction of sp³-hybridized carbons (Fsp3) is 0.192. The number of carbonyl (C=O) groups is 1. The Kier molecular flexibility index (Phi) is 6.05. The van der Waals surface area contributed by atoms with Crippen molar-refractivity contribution in [1.29, 1.82) is 0 Å². The van der Waals surface area contributed by atoms with Crippen LogP contribution in [0.5, 0.6) is 5.75 Å². The maximum atomic E-state index is 13.2. The average molecular weight is 508 g/mol. The molecular weight excluding hydrogens is 485 g/mol. The molecule has 0 fully saturated rings. The molecule has 2 aromatic carbocycles. The maximum absolute atomic E-state index is 13.2. The first-order valence-corrected chi connectivity index (χ1v) is 12.8. The van der Waals surface area contributed by atoms with E-state index in [9.17, 15) is 17.6 Å². The first-order chi connectivity index (χ1) is 17.2. The zero-order chi connectivity index (χ0) is 25.4. The van der Waals surface area contributed by atoms with E-state index in [0.29, 0.717) is 53.1 Å². The summed E-state index contributed by atoms with van der Waals surface area (Å²) in [6, 6.07) is 13.5. The molecule has 0 bridgehead atoms. The molecule has 1 aliphatic carbocycles. The van der Waals surface area contributed by atoms with Gasteiger partial charge in [-0.15, -0.1) is 0 Å². The number of ether oxygens (including phenoxy) is 1. The van der Waals surface area contributed by atoms with E-state index in [-0.39, 0.29) is 10.7 Å². The molecule has 8 nitrogen and oxygen atoms in total. The molecule has 0 atom stereocenters. The molecule has 5 rings (SSSR count). The van der Waals surface area contributed by atoms with E-state index in [2.05, 4.69) is 14.9 Å². The SMILES string of the molecule is Cc1ccc2cccc(OC(=O)c3oc4c(c3C)/C(=N/NS(=O)(=O)c3ccc(F)cc3)CCC4)c2n1. The molecule has 2 heterocycles. The largest absolute Gasteiger partial charge is 0.453 e. The number of aromatic nitrogens is 1. The maximum Gasteiger partial charge on any atom is 0.380 e. The molecule has 1 aliphatic rings. The van der Waals surface area contributed by atoms with Gasteiger partial charge in [-0.25, -0.2) is 14.2 Å². The van der Waals surface area contributed by atoms with Crippen molar-refractivity contribution in [2.75, 3.05) is 0 Å². The Morgan fingerprint density at radius 2 is 1.86 bits per heavy atom. The van der Waals surface area contributed by atoms with Crippen LogP contribution in [0.2, 0.25) is 0 Å². The number of fused-ring (bicyclic) bond motifs is 2. The molecular formula is C26H22FN3O5S. The third-order valence-electron chi connectivity index (χ3n) is 5.96. The third kappa shape index (κ3) is 4.47. The second-order valence-electron chi connectivity index (χ2n) is 8.49. The normalized spacial score (nSPS) is 14.6. The topological polar surface area (TPSA) is 111 Å². The fourth-order valence-electron chi connectivity index (χ4n) is 4.20. The highest BCUT2D eigenvalue weighted by Gasteiger charge is 2.29. The number of nitrogens with one attached hydrogen (secondary N) is 1. The summed E-state index contributed by atoms with van der Waals surface area (Å²) in [6.07, 6.45) is 1.72. The molecule has 2 aromatic heterocycles. The van der Waals surface area contributed by atoms with Gasteiger partial charge in [0.15, 0.2) is 5.75 Å². The number of hydrogen-bond donors (Lipinski definition) is 1. The molecule has 4 aromatic rings. The molecule has 36 heavy (non-hydrogen) atoms. The minimum atomic E-state index is -4.00. The van der Waals surface area contributed by atoms with Gasteiger partial charge in [0, 0.05) is 28.6 Å². The summed E-state index contributed by atoms with van der Waals surface area (Å²) in [4.78, 5) is 19.7. The van der Waals surface area contributed by atoms with Crippen LogP contribution in [0.3, 0.4) is 0 Å². The second-order valence-corrected chi connectivity index (χ2v) is 10.1.